The van der Waals surface area contributed by atoms with Gasteiger partial charge in [-0.05, 0) is 43.7 Å². The topological polar surface area (TPSA) is 49.2 Å². The van der Waals surface area contributed by atoms with Crippen molar-refractivity contribution in [1.29, 1.82) is 0 Å². The molecular weight excluding hydrogens is 238 g/mol. The third-order valence-electron chi connectivity index (χ3n) is 3.74. The van der Waals surface area contributed by atoms with Gasteiger partial charge in [0.1, 0.15) is 5.82 Å². The first-order valence-electron chi connectivity index (χ1n) is 6.22. The van der Waals surface area contributed by atoms with Gasteiger partial charge in [0.05, 0.1) is 18.3 Å². The molecule has 17 heavy (non-hydrogen) atoms. The Morgan fingerprint density at radius 1 is 1.29 bits per heavy atom. The van der Waals surface area contributed by atoms with Crippen LogP contribution in [0.4, 0.5) is 5.82 Å². The van der Waals surface area contributed by atoms with Crippen LogP contribution in [0.5, 0.6) is 0 Å². The predicted octanol–water partition coefficient (Wildman–Crippen LogP) is 1.58. The number of rotatable bonds is 2. The minimum absolute atomic E-state index is 0.191. The summed E-state index contributed by atoms with van der Waals surface area (Å²) in [7, 11) is 0. The molecular formula is C12H16ClN3O. The lowest BCUT2D eigenvalue weighted by atomic mass is 10.2. The second kappa shape index (κ2) is 4.42. The molecule has 5 heteroatoms. The van der Waals surface area contributed by atoms with E-state index in [9.17, 15) is 5.11 Å². The number of aliphatic hydroxyl groups excluding tert-OH is 1. The number of hydrogen-bond acceptors (Lipinski definition) is 4. The Morgan fingerprint density at radius 2 is 2.18 bits per heavy atom. The Bertz CT molecular complexity index is 438. The zero-order chi connectivity index (χ0) is 11.8. The molecule has 1 unspecified atom stereocenters. The fourth-order valence-electron chi connectivity index (χ4n) is 2.93. The van der Waals surface area contributed by atoms with Crippen LogP contribution in [0, 0.1) is 0 Å². The quantitative estimate of drug-likeness (QED) is 0.813. The van der Waals surface area contributed by atoms with Crippen LogP contribution in [0.1, 0.15) is 30.5 Å². The van der Waals surface area contributed by atoms with Crippen LogP contribution in [-0.4, -0.2) is 34.3 Å². The van der Waals surface area contributed by atoms with Gasteiger partial charge in [-0.15, -0.1) is 0 Å². The normalized spacial score (nSPS) is 23.2. The van der Waals surface area contributed by atoms with E-state index in [1.807, 2.05) is 0 Å². The van der Waals surface area contributed by atoms with E-state index < -0.39 is 0 Å². The van der Waals surface area contributed by atoms with Crippen LogP contribution in [0.15, 0.2) is 0 Å². The molecule has 1 N–H and O–H groups in total. The number of aryl methyl sites for hydroxylation is 1. The minimum Gasteiger partial charge on any atom is -0.394 e. The van der Waals surface area contributed by atoms with Crippen LogP contribution in [-0.2, 0) is 12.8 Å². The van der Waals surface area contributed by atoms with Crippen molar-refractivity contribution >= 4 is 17.4 Å². The van der Waals surface area contributed by atoms with E-state index in [1.165, 1.54) is 5.56 Å². The summed E-state index contributed by atoms with van der Waals surface area (Å²) < 4.78 is 0. The monoisotopic (exact) mass is 253 g/mol. The summed E-state index contributed by atoms with van der Waals surface area (Å²) in [6, 6.07) is 0.200. The van der Waals surface area contributed by atoms with Gasteiger partial charge in [-0.1, -0.05) is 0 Å². The van der Waals surface area contributed by atoms with E-state index in [1.54, 1.807) is 0 Å². The molecule has 2 heterocycles. The molecule has 92 valence electrons. The molecule has 0 saturated carbocycles. The lowest BCUT2D eigenvalue weighted by Crippen LogP contribution is -2.33. The molecule has 2 aliphatic rings. The lowest BCUT2D eigenvalue weighted by molar-refractivity contribution is 0.266. The van der Waals surface area contributed by atoms with Gasteiger partial charge >= 0.3 is 0 Å². The van der Waals surface area contributed by atoms with Crippen molar-refractivity contribution in [3.05, 3.63) is 16.5 Å². The van der Waals surface area contributed by atoms with E-state index in [2.05, 4.69) is 14.9 Å². The molecule has 1 atom stereocenters. The molecule has 3 rings (SSSR count). The smallest absolute Gasteiger partial charge is 0.224 e. The van der Waals surface area contributed by atoms with Crippen LogP contribution < -0.4 is 4.90 Å². The Morgan fingerprint density at radius 3 is 3.00 bits per heavy atom. The summed E-state index contributed by atoms with van der Waals surface area (Å²) in [6.07, 6.45) is 5.32. The predicted molar refractivity (Wildman–Crippen MR) is 66.5 cm³/mol. The van der Waals surface area contributed by atoms with E-state index >= 15 is 0 Å². The van der Waals surface area contributed by atoms with E-state index in [0.29, 0.717) is 5.28 Å². The van der Waals surface area contributed by atoms with Crippen molar-refractivity contribution in [1.82, 2.24) is 9.97 Å². The Balaban J connectivity index is 2.02. The van der Waals surface area contributed by atoms with E-state index in [0.717, 1.165) is 50.2 Å². The van der Waals surface area contributed by atoms with Crippen LogP contribution in [0.3, 0.4) is 0 Å². The lowest BCUT2D eigenvalue weighted by Gasteiger charge is -2.26. The molecule has 1 aliphatic heterocycles. The Hall–Kier alpha value is -0.870. The molecule has 1 aromatic rings. The highest BCUT2D eigenvalue weighted by Gasteiger charge is 2.29. The largest absolute Gasteiger partial charge is 0.394 e. The number of hydrogen-bond donors (Lipinski definition) is 1. The third kappa shape index (κ3) is 1.89. The molecule has 0 radical (unpaired) electrons. The first kappa shape index (κ1) is 11.2. The number of fused-ring (bicyclic) bond motifs is 1. The summed E-state index contributed by atoms with van der Waals surface area (Å²) in [6.45, 7) is 1.15. The SMILES string of the molecule is OCC1CCCN1c1nc(Cl)nc2c1CCC2. The van der Waals surface area contributed by atoms with Gasteiger partial charge in [-0.25, -0.2) is 9.97 Å². The summed E-state index contributed by atoms with van der Waals surface area (Å²) in [5.74, 6) is 0.967. The van der Waals surface area contributed by atoms with Crippen molar-refractivity contribution in [3.63, 3.8) is 0 Å². The number of anilines is 1. The van der Waals surface area contributed by atoms with Gasteiger partial charge in [0.25, 0.3) is 0 Å². The number of halogens is 1. The maximum Gasteiger partial charge on any atom is 0.224 e. The van der Waals surface area contributed by atoms with Gasteiger partial charge in [0.15, 0.2) is 0 Å². The fraction of sp³-hybridized carbons (Fsp3) is 0.667. The maximum absolute atomic E-state index is 9.40. The standard InChI is InChI=1S/C12H16ClN3O/c13-12-14-10-5-1-4-9(10)11(15-12)16-6-2-3-8(16)7-17/h8,17H,1-7H2. The average molecular weight is 254 g/mol. The molecule has 4 nitrogen and oxygen atoms in total. The summed E-state index contributed by atoms with van der Waals surface area (Å²) in [5.41, 5.74) is 2.35. The van der Waals surface area contributed by atoms with Crippen molar-refractivity contribution in [2.24, 2.45) is 0 Å². The van der Waals surface area contributed by atoms with Gasteiger partial charge in [-0.2, -0.15) is 0 Å². The molecule has 1 aromatic heterocycles. The fourth-order valence-corrected chi connectivity index (χ4v) is 3.11. The molecule has 0 amide bonds. The average Bonchev–Trinajstić information content (AvgIpc) is 2.95. The third-order valence-corrected chi connectivity index (χ3v) is 3.91. The summed E-state index contributed by atoms with van der Waals surface area (Å²) >= 11 is 5.99. The molecule has 1 saturated heterocycles. The van der Waals surface area contributed by atoms with Gasteiger partial charge in [0, 0.05) is 12.1 Å². The zero-order valence-corrected chi connectivity index (χ0v) is 10.4. The van der Waals surface area contributed by atoms with Crippen LogP contribution in [0.25, 0.3) is 0 Å². The minimum atomic E-state index is 0.191. The van der Waals surface area contributed by atoms with Gasteiger partial charge in [0.2, 0.25) is 5.28 Å². The van der Waals surface area contributed by atoms with Crippen molar-refractivity contribution in [3.8, 4) is 0 Å². The highest BCUT2D eigenvalue weighted by atomic mass is 35.5. The van der Waals surface area contributed by atoms with Crippen molar-refractivity contribution in [2.45, 2.75) is 38.1 Å². The highest BCUT2D eigenvalue weighted by molar-refractivity contribution is 6.28. The number of aliphatic hydroxyl groups is 1. The first-order chi connectivity index (χ1) is 8.29. The molecule has 0 spiro atoms. The van der Waals surface area contributed by atoms with E-state index in [-0.39, 0.29) is 12.6 Å². The highest BCUT2D eigenvalue weighted by Crippen LogP contribution is 2.33. The first-order valence-corrected chi connectivity index (χ1v) is 6.60. The van der Waals surface area contributed by atoms with E-state index in [4.69, 9.17) is 11.6 Å². The second-order valence-corrected chi connectivity index (χ2v) is 5.11. The summed E-state index contributed by atoms with van der Waals surface area (Å²) in [4.78, 5) is 10.9. The zero-order valence-electron chi connectivity index (χ0n) is 9.69. The Kier molecular flexibility index (Phi) is 2.92. The molecule has 0 aromatic carbocycles. The van der Waals surface area contributed by atoms with Crippen LogP contribution in [0.2, 0.25) is 5.28 Å². The molecule has 1 aliphatic carbocycles. The van der Waals surface area contributed by atoms with Crippen molar-refractivity contribution < 1.29 is 5.11 Å². The molecule has 1 fully saturated rings. The van der Waals surface area contributed by atoms with Gasteiger partial charge < -0.3 is 10.0 Å². The maximum atomic E-state index is 9.40. The Labute approximate surface area is 106 Å². The molecule has 0 bridgehead atoms. The van der Waals surface area contributed by atoms with Crippen LogP contribution >= 0.6 is 11.6 Å². The summed E-state index contributed by atoms with van der Waals surface area (Å²) in [5, 5.41) is 9.73. The number of aromatic nitrogens is 2. The number of nitrogens with zero attached hydrogens (tertiary/aromatic N) is 3. The van der Waals surface area contributed by atoms with Gasteiger partial charge in [-0.3, -0.25) is 0 Å². The second-order valence-electron chi connectivity index (χ2n) is 4.77. The van der Waals surface area contributed by atoms with Crippen molar-refractivity contribution in [2.75, 3.05) is 18.1 Å².